The minimum absolute atomic E-state index is 0.106. The molecule has 0 heterocycles. The third-order valence-electron chi connectivity index (χ3n) is 4.43. The number of likely N-dealkylation sites (N-methyl/N-ethyl adjacent to an activating group) is 1. The van der Waals surface area contributed by atoms with Crippen molar-refractivity contribution in [2.45, 2.75) is 26.3 Å². The Kier molecular flexibility index (Phi) is 7.27. The van der Waals surface area contributed by atoms with E-state index >= 15 is 0 Å². The number of anilines is 1. The first kappa shape index (κ1) is 19.6. The fourth-order valence-corrected chi connectivity index (χ4v) is 2.93. The van der Waals surface area contributed by atoms with Gasteiger partial charge in [-0.2, -0.15) is 0 Å². The molecular formula is C22H28N2O2. The monoisotopic (exact) mass is 352 g/mol. The number of nitrogens with zero attached hydrogens (tertiary/aromatic N) is 1. The lowest BCUT2D eigenvalue weighted by molar-refractivity contribution is -0.131. The Morgan fingerprint density at radius 3 is 2.46 bits per heavy atom. The van der Waals surface area contributed by atoms with Crippen molar-refractivity contribution < 1.29 is 9.53 Å². The maximum absolute atomic E-state index is 13.0. The number of carbonyl (C=O) groups is 1. The summed E-state index contributed by atoms with van der Waals surface area (Å²) in [5, 5.41) is 3.39. The predicted octanol–water partition coefficient (Wildman–Crippen LogP) is 4.23. The number of rotatable bonds is 9. The first-order chi connectivity index (χ1) is 12.6. The Morgan fingerprint density at radius 2 is 1.88 bits per heavy atom. The summed E-state index contributed by atoms with van der Waals surface area (Å²) in [5.74, 6) is 0.899. The zero-order valence-electron chi connectivity index (χ0n) is 15.9. The van der Waals surface area contributed by atoms with Crippen LogP contribution in [0.4, 0.5) is 5.69 Å². The highest BCUT2D eigenvalue weighted by Gasteiger charge is 2.23. The lowest BCUT2D eigenvalue weighted by Crippen LogP contribution is -2.44. The van der Waals surface area contributed by atoms with Gasteiger partial charge in [0.1, 0.15) is 11.8 Å². The highest BCUT2D eigenvalue weighted by Crippen LogP contribution is 2.18. The van der Waals surface area contributed by atoms with Gasteiger partial charge < -0.3 is 15.0 Å². The zero-order chi connectivity index (χ0) is 18.9. The van der Waals surface area contributed by atoms with E-state index < -0.39 is 0 Å². The molecule has 0 aliphatic carbocycles. The molecule has 1 unspecified atom stereocenters. The van der Waals surface area contributed by atoms with Gasteiger partial charge in [-0.1, -0.05) is 36.9 Å². The molecule has 1 atom stereocenters. The van der Waals surface area contributed by atoms with Gasteiger partial charge in [0.2, 0.25) is 5.91 Å². The van der Waals surface area contributed by atoms with Crippen LogP contribution in [0.5, 0.6) is 5.75 Å². The predicted molar refractivity (Wildman–Crippen MR) is 109 cm³/mol. The van der Waals surface area contributed by atoms with Crippen molar-refractivity contribution >= 4 is 17.7 Å². The van der Waals surface area contributed by atoms with E-state index in [-0.39, 0.29) is 11.9 Å². The summed E-state index contributed by atoms with van der Waals surface area (Å²) < 4.78 is 5.20. The van der Waals surface area contributed by atoms with E-state index in [1.54, 1.807) is 7.11 Å². The highest BCUT2D eigenvalue weighted by atomic mass is 16.5. The molecule has 4 nitrogen and oxygen atoms in total. The average molecular weight is 352 g/mol. The van der Waals surface area contributed by atoms with Gasteiger partial charge in [0.15, 0.2) is 0 Å². The number of amides is 1. The second-order valence-corrected chi connectivity index (χ2v) is 6.09. The van der Waals surface area contributed by atoms with Gasteiger partial charge in [-0.05, 0) is 49.2 Å². The van der Waals surface area contributed by atoms with Crippen LogP contribution in [0, 0.1) is 0 Å². The molecule has 0 spiro atoms. The molecule has 4 heteroatoms. The van der Waals surface area contributed by atoms with Gasteiger partial charge in [0, 0.05) is 25.2 Å². The summed E-state index contributed by atoms with van der Waals surface area (Å²) >= 11 is 0. The standard InChI is InChI=1S/C22H28N2O2/c1-5-17-9-8-10-18(15-17)16-21(22(25)24(6-2)7-3)23-19-11-13-20(26-4)14-12-19/h5,8-15,21,23H,1,6-7,16H2,2-4H3. The van der Waals surface area contributed by atoms with E-state index in [4.69, 9.17) is 4.74 Å². The molecule has 2 aromatic rings. The zero-order valence-corrected chi connectivity index (χ0v) is 15.9. The Balaban J connectivity index is 2.24. The largest absolute Gasteiger partial charge is 0.497 e. The molecule has 0 aliphatic heterocycles. The van der Waals surface area contributed by atoms with Crippen LogP contribution in [0.15, 0.2) is 55.1 Å². The Labute approximate surface area is 156 Å². The number of benzene rings is 2. The van der Waals surface area contributed by atoms with Crippen LogP contribution in [-0.2, 0) is 11.2 Å². The number of ether oxygens (including phenoxy) is 1. The molecular weight excluding hydrogens is 324 g/mol. The quantitative estimate of drug-likeness (QED) is 0.734. The Morgan fingerprint density at radius 1 is 1.19 bits per heavy atom. The van der Waals surface area contributed by atoms with Gasteiger partial charge in [-0.25, -0.2) is 0 Å². The Hall–Kier alpha value is -2.75. The van der Waals surface area contributed by atoms with Gasteiger partial charge in [0.05, 0.1) is 7.11 Å². The minimum Gasteiger partial charge on any atom is -0.497 e. The first-order valence-electron chi connectivity index (χ1n) is 9.02. The second kappa shape index (κ2) is 9.66. The van der Waals surface area contributed by atoms with Crippen molar-refractivity contribution in [1.82, 2.24) is 4.90 Å². The molecule has 1 amide bonds. The SMILES string of the molecule is C=Cc1cccc(CC(Nc2ccc(OC)cc2)C(=O)N(CC)CC)c1. The van der Waals surface area contributed by atoms with Crippen LogP contribution in [0.2, 0.25) is 0 Å². The molecule has 1 N–H and O–H groups in total. The topological polar surface area (TPSA) is 41.6 Å². The highest BCUT2D eigenvalue weighted by molar-refractivity contribution is 5.85. The molecule has 0 saturated heterocycles. The van der Waals surface area contributed by atoms with Crippen molar-refractivity contribution in [2.75, 3.05) is 25.5 Å². The van der Waals surface area contributed by atoms with E-state index in [0.29, 0.717) is 19.5 Å². The fourth-order valence-electron chi connectivity index (χ4n) is 2.93. The van der Waals surface area contributed by atoms with Crippen LogP contribution in [0.3, 0.4) is 0 Å². The smallest absolute Gasteiger partial charge is 0.245 e. The summed E-state index contributed by atoms with van der Waals surface area (Å²) in [6.45, 7) is 9.23. The molecule has 0 fully saturated rings. The van der Waals surface area contributed by atoms with Crippen molar-refractivity contribution in [3.05, 3.63) is 66.2 Å². The van der Waals surface area contributed by atoms with Crippen LogP contribution in [-0.4, -0.2) is 37.0 Å². The first-order valence-corrected chi connectivity index (χ1v) is 9.02. The number of methoxy groups -OCH3 is 1. The maximum atomic E-state index is 13.0. The van der Waals surface area contributed by atoms with E-state index in [9.17, 15) is 4.79 Å². The van der Waals surface area contributed by atoms with Crippen LogP contribution in [0.25, 0.3) is 6.08 Å². The van der Waals surface area contributed by atoms with E-state index in [0.717, 1.165) is 22.6 Å². The van der Waals surface area contributed by atoms with E-state index in [2.05, 4.69) is 18.0 Å². The molecule has 0 saturated carbocycles. The van der Waals surface area contributed by atoms with Crippen molar-refractivity contribution in [1.29, 1.82) is 0 Å². The van der Waals surface area contributed by atoms with E-state index in [1.165, 1.54) is 0 Å². The molecule has 26 heavy (non-hydrogen) atoms. The van der Waals surface area contributed by atoms with Crippen LogP contribution in [0.1, 0.15) is 25.0 Å². The molecule has 138 valence electrons. The molecule has 0 aliphatic rings. The average Bonchev–Trinajstić information content (AvgIpc) is 2.69. The molecule has 2 aromatic carbocycles. The fraction of sp³-hybridized carbons (Fsp3) is 0.318. The number of carbonyl (C=O) groups excluding carboxylic acids is 1. The number of nitrogens with one attached hydrogen (secondary N) is 1. The minimum atomic E-state index is -0.330. The third kappa shape index (κ3) is 5.12. The van der Waals surface area contributed by atoms with E-state index in [1.807, 2.05) is 67.3 Å². The second-order valence-electron chi connectivity index (χ2n) is 6.09. The number of hydrogen-bond donors (Lipinski definition) is 1. The normalized spacial score (nSPS) is 11.5. The lowest BCUT2D eigenvalue weighted by atomic mass is 10.0. The van der Waals surface area contributed by atoms with Crippen LogP contribution < -0.4 is 10.1 Å². The summed E-state index contributed by atoms with van der Waals surface area (Å²) in [4.78, 5) is 14.9. The summed E-state index contributed by atoms with van der Waals surface area (Å²) in [5.41, 5.74) is 3.06. The van der Waals surface area contributed by atoms with Gasteiger partial charge in [-0.3, -0.25) is 4.79 Å². The van der Waals surface area contributed by atoms with Gasteiger partial charge >= 0.3 is 0 Å². The molecule has 2 rings (SSSR count). The van der Waals surface area contributed by atoms with Gasteiger partial charge in [0.25, 0.3) is 0 Å². The summed E-state index contributed by atoms with van der Waals surface area (Å²) in [7, 11) is 1.64. The van der Waals surface area contributed by atoms with Crippen molar-refractivity contribution in [3.63, 3.8) is 0 Å². The maximum Gasteiger partial charge on any atom is 0.245 e. The van der Waals surface area contributed by atoms with Crippen molar-refractivity contribution in [3.8, 4) is 5.75 Å². The van der Waals surface area contributed by atoms with Crippen LogP contribution >= 0.6 is 0 Å². The molecule has 0 radical (unpaired) electrons. The molecule has 0 bridgehead atoms. The van der Waals surface area contributed by atoms with Gasteiger partial charge in [-0.15, -0.1) is 0 Å². The number of hydrogen-bond acceptors (Lipinski definition) is 3. The summed E-state index contributed by atoms with van der Waals surface area (Å²) in [6.07, 6.45) is 2.44. The molecule has 0 aromatic heterocycles. The third-order valence-corrected chi connectivity index (χ3v) is 4.43. The lowest BCUT2D eigenvalue weighted by Gasteiger charge is -2.27. The van der Waals surface area contributed by atoms with Crippen molar-refractivity contribution in [2.24, 2.45) is 0 Å². The Bertz CT molecular complexity index is 721. The summed E-state index contributed by atoms with van der Waals surface area (Å²) in [6, 6.07) is 15.4.